The van der Waals surface area contributed by atoms with E-state index in [9.17, 15) is 9.59 Å². The Balaban J connectivity index is 1.65. The fraction of sp³-hybridized carbons (Fsp3) is 0.391. The van der Waals surface area contributed by atoms with Crippen LogP contribution in [-0.2, 0) is 16.6 Å². The average Bonchev–Trinajstić information content (AvgIpc) is 3.22. The van der Waals surface area contributed by atoms with E-state index in [-0.39, 0.29) is 17.2 Å². The van der Waals surface area contributed by atoms with Gasteiger partial charge >= 0.3 is 0 Å². The van der Waals surface area contributed by atoms with Gasteiger partial charge in [-0.25, -0.2) is 9.97 Å². The third kappa shape index (κ3) is 3.47. The van der Waals surface area contributed by atoms with Crippen LogP contribution in [0.2, 0.25) is 0 Å². The Kier molecular flexibility index (Phi) is 4.89. The Morgan fingerprint density at radius 2 is 1.90 bits per heavy atom. The molecule has 0 unspecified atom stereocenters. The number of thiophene rings is 1. The lowest BCUT2D eigenvalue weighted by molar-refractivity contribution is -0.116. The zero-order valence-electron chi connectivity index (χ0n) is 18.2. The molecule has 0 fully saturated rings. The van der Waals surface area contributed by atoms with Crippen LogP contribution in [0, 0.1) is 13.8 Å². The molecule has 0 spiro atoms. The van der Waals surface area contributed by atoms with Crippen LogP contribution in [0.4, 0.5) is 11.4 Å². The molecule has 2 aromatic heterocycles. The van der Waals surface area contributed by atoms with Crippen molar-refractivity contribution >= 4 is 44.7 Å². The zero-order valence-corrected chi connectivity index (χ0v) is 19.0. The van der Waals surface area contributed by atoms with Crippen molar-refractivity contribution in [3.05, 3.63) is 45.7 Å². The topological polar surface area (TPSA) is 75.2 Å². The normalized spacial score (nSPS) is 13.6. The molecule has 1 aromatic carbocycles. The van der Waals surface area contributed by atoms with Crippen LogP contribution in [0.1, 0.15) is 60.0 Å². The molecule has 7 heteroatoms. The first-order valence-electron chi connectivity index (χ1n) is 10.1. The largest absolute Gasteiger partial charge is 0.321 e. The van der Waals surface area contributed by atoms with Crippen LogP contribution >= 0.6 is 11.3 Å². The smallest absolute Gasteiger partial charge is 0.266 e. The van der Waals surface area contributed by atoms with E-state index >= 15 is 0 Å². The van der Waals surface area contributed by atoms with Crippen LogP contribution in [0.3, 0.4) is 0 Å². The predicted octanol–water partition coefficient (Wildman–Crippen LogP) is 4.77. The average molecular weight is 423 g/mol. The summed E-state index contributed by atoms with van der Waals surface area (Å²) >= 11 is 1.41. The van der Waals surface area contributed by atoms with Crippen molar-refractivity contribution in [2.75, 3.05) is 16.8 Å². The molecule has 156 valence electrons. The second kappa shape index (κ2) is 7.16. The number of benzene rings is 1. The van der Waals surface area contributed by atoms with Gasteiger partial charge in [-0.2, -0.15) is 0 Å². The summed E-state index contributed by atoms with van der Waals surface area (Å²) in [5.74, 6) is 0.681. The highest BCUT2D eigenvalue weighted by Gasteiger charge is 2.25. The third-order valence-electron chi connectivity index (χ3n) is 5.46. The number of carbonyl (C=O) groups excluding carboxylic acids is 2. The summed E-state index contributed by atoms with van der Waals surface area (Å²) < 4.78 is 0. The molecule has 6 nitrogen and oxygen atoms in total. The highest BCUT2D eigenvalue weighted by atomic mass is 32.1. The maximum absolute atomic E-state index is 13.1. The fourth-order valence-electron chi connectivity index (χ4n) is 3.89. The lowest BCUT2D eigenvalue weighted by Gasteiger charge is -2.16. The monoisotopic (exact) mass is 422 g/mol. The molecule has 0 atom stereocenters. The molecule has 0 bridgehead atoms. The number of nitrogens with one attached hydrogen (secondary N) is 1. The van der Waals surface area contributed by atoms with Gasteiger partial charge in [0.1, 0.15) is 10.7 Å². The highest BCUT2D eigenvalue weighted by molar-refractivity contribution is 7.20. The molecule has 0 aliphatic carbocycles. The second-order valence-electron chi connectivity index (χ2n) is 8.84. The van der Waals surface area contributed by atoms with Crippen molar-refractivity contribution in [2.45, 2.75) is 53.4 Å². The molecular formula is C23H26N4O2S. The van der Waals surface area contributed by atoms with Crippen molar-refractivity contribution < 1.29 is 9.59 Å². The van der Waals surface area contributed by atoms with E-state index in [0.717, 1.165) is 50.7 Å². The number of fused-ring (bicyclic) bond motifs is 2. The number of amides is 2. The number of hydrogen-bond acceptors (Lipinski definition) is 5. The van der Waals surface area contributed by atoms with Crippen LogP contribution in [0.25, 0.3) is 10.2 Å². The van der Waals surface area contributed by atoms with Gasteiger partial charge in [-0.1, -0.05) is 20.8 Å². The zero-order chi connectivity index (χ0) is 21.8. The van der Waals surface area contributed by atoms with E-state index in [1.54, 1.807) is 11.8 Å². The first-order chi connectivity index (χ1) is 14.1. The van der Waals surface area contributed by atoms with E-state index in [1.165, 1.54) is 11.3 Å². The summed E-state index contributed by atoms with van der Waals surface area (Å²) in [6.07, 6.45) is 0.797. The van der Waals surface area contributed by atoms with Crippen molar-refractivity contribution in [3.63, 3.8) is 0 Å². The first-order valence-corrected chi connectivity index (χ1v) is 10.9. The predicted molar refractivity (Wildman–Crippen MR) is 122 cm³/mol. The van der Waals surface area contributed by atoms with E-state index < -0.39 is 0 Å². The minimum absolute atomic E-state index is 0.0394. The highest BCUT2D eigenvalue weighted by Crippen LogP contribution is 2.34. The summed E-state index contributed by atoms with van der Waals surface area (Å²) in [5, 5.41) is 3.98. The van der Waals surface area contributed by atoms with Gasteiger partial charge in [0.2, 0.25) is 5.91 Å². The van der Waals surface area contributed by atoms with Crippen LogP contribution in [-0.4, -0.2) is 28.3 Å². The molecule has 30 heavy (non-hydrogen) atoms. The Morgan fingerprint density at radius 3 is 2.57 bits per heavy atom. The minimum Gasteiger partial charge on any atom is -0.321 e. The second-order valence-corrected chi connectivity index (χ2v) is 9.84. The maximum Gasteiger partial charge on any atom is 0.266 e. The van der Waals surface area contributed by atoms with E-state index in [4.69, 9.17) is 4.98 Å². The maximum atomic E-state index is 13.1. The third-order valence-corrected chi connectivity index (χ3v) is 6.65. The number of nitrogens with zero attached hydrogens (tertiary/aromatic N) is 3. The fourth-order valence-corrected chi connectivity index (χ4v) is 5.01. The summed E-state index contributed by atoms with van der Waals surface area (Å²) in [4.78, 5) is 37.5. The Labute approximate surface area is 180 Å². The van der Waals surface area contributed by atoms with E-state index in [0.29, 0.717) is 11.4 Å². The van der Waals surface area contributed by atoms with Crippen LogP contribution < -0.4 is 10.2 Å². The molecule has 1 aliphatic heterocycles. The van der Waals surface area contributed by atoms with Gasteiger partial charge in [-0.15, -0.1) is 11.3 Å². The van der Waals surface area contributed by atoms with Gasteiger partial charge < -0.3 is 10.2 Å². The molecule has 3 heterocycles. The van der Waals surface area contributed by atoms with Gasteiger partial charge in [0.15, 0.2) is 0 Å². The molecule has 0 saturated heterocycles. The van der Waals surface area contributed by atoms with E-state index in [2.05, 4.69) is 31.1 Å². The quantitative estimate of drug-likeness (QED) is 0.646. The molecule has 0 radical (unpaired) electrons. The lowest BCUT2D eigenvalue weighted by atomic mass is 9.95. The van der Waals surface area contributed by atoms with Gasteiger partial charge in [0.05, 0.1) is 10.6 Å². The molecular weight excluding hydrogens is 396 g/mol. The van der Waals surface area contributed by atoms with Crippen molar-refractivity contribution in [1.29, 1.82) is 0 Å². The lowest BCUT2D eigenvalue weighted by Crippen LogP contribution is -2.25. The Hall–Kier alpha value is -2.80. The minimum atomic E-state index is -0.155. The molecule has 0 saturated carbocycles. The summed E-state index contributed by atoms with van der Waals surface area (Å²) in [5.41, 5.74) is 4.40. The van der Waals surface area contributed by atoms with E-state index in [1.807, 2.05) is 32.0 Å². The summed E-state index contributed by atoms with van der Waals surface area (Å²) in [6, 6.07) is 5.72. The first kappa shape index (κ1) is 20.5. The standard InChI is InChI=1S/C23H26N4O2S/c1-12-18-13(2)24-22(23(4,5)6)26-21(18)30-19(12)20(29)25-16-7-8-17-15(11-16)9-10-27(17)14(3)28/h7-8,11H,9-10H2,1-6H3,(H,25,29). The summed E-state index contributed by atoms with van der Waals surface area (Å²) in [7, 11) is 0. The molecule has 2 amide bonds. The SMILES string of the molecule is CC(=O)N1CCc2cc(NC(=O)c3sc4nc(C(C)(C)C)nc(C)c4c3C)ccc21. The molecule has 4 rings (SSSR count). The number of aromatic nitrogens is 2. The van der Waals surface area contributed by atoms with Gasteiger partial charge in [-0.05, 0) is 49.6 Å². The van der Waals surface area contributed by atoms with Crippen LogP contribution in [0.15, 0.2) is 18.2 Å². The van der Waals surface area contributed by atoms with Crippen LogP contribution in [0.5, 0.6) is 0 Å². The number of anilines is 2. The number of rotatable bonds is 2. The van der Waals surface area contributed by atoms with Crippen molar-refractivity contribution in [2.24, 2.45) is 0 Å². The van der Waals surface area contributed by atoms with Crippen molar-refractivity contribution in [3.8, 4) is 0 Å². The molecule has 3 aromatic rings. The van der Waals surface area contributed by atoms with Gasteiger partial charge in [0.25, 0.3) is 5.91 Å². The summed E-state index contributed by atoms with van der Waals surface area (Å²) in [6.45, 7) is 12.4. The van der Waals surface area contributed by atoms with Gasteiger partial charge in [-0.3, -0.25) is 9.59 Å². The van der Waals surface area contributed by atoms with Crippen molar-refractivity contribution in [1.82, 2.24) is 9.97 Å². The number of carbonyl (C=O) groups is 2. The Bertz CT molecular complexity index is 1190. The number of hydrogen-bond donors (Lipinski definition) is 1. The molecule has 1 N–H and O–H groups in total. The number of aryl methyl sites for hydroxylation is 2. The van der Waals surface area contributed by atoms with Gasteiger partial charge in [0, 0.05) is 35.6 Å². The molecule has 1 aliphatic rings. The Morgan fingerprint density at radius 1 is 1.17 bits per heavy atom.